The molecule has 0 aliphatic rings. The van der Waals surface area contributed by atoms with Gasteiger partial charge in [0.1, 0.15) is 5.75 Å². The summed E-state index contributed by atoms with van der Waals surface area (Å²) in [5, 5.41) is 10.3. The maximum Gasteiger partial charge on any atom is 0.119 e. The van der Waals surface area contributed by atoms with Crippen LogP contribution in [0.25, 0.3) is 0 Å². The molecule has 0 aromatic heterocycles. The molecule has 0 bridgehead atoms. The van der Waals surface area contributed by atoms with E-state index in [4.69, 9.17) is 0 Å². The summed E-state index contributed by atoms with van der Waals surface area (Å²) in [6.45, 7) is 6.72. The van der Waals surface area contributed by atoms with Gasteiger partial charge in [0.05, 0.1) is 0 Å². The zero-order valence-corrected chi connectivity index (χ0v) is 17.2. The first kappa shape index (κ1) is 22.1. The van der Waals surface area contributed by atoms with Gasteiger partial charge in [0.25, 0.3) is 0 Å². The smallest absolute Gasteiger partial charge is 0.119 e. The third kappa shape index (κ3) is 8.79. The Kier molecular flexibility index (Phi) is 12.5. The molecule has 0 aliphatic heterocycles. The second-order valence-electron chi connectivity index (χ2n) is 7.59. The lowest BCUT2D eigenvalue weighted by Gasteiger charge is -2.16. The lowest BCUT2D eigenvalue weighted by Crippen LogP contribution is -2.01. The Morgan fingerprint density at radius 2 is 1.12 bits per heavy atom. The summed E-state index contributed by atoms with van der Waals surface area (Å²) in [4.78, 5) is 0. The third-order valence-corrected chi connectivity index (χ3v) is 5.44. The monoisotopic (exact) mass is 346 g/mol. The van der Waals surface area contributed by atoms with E-state index in [1.54, 1.807) is 0 Å². The summed E-state index contributed by atoms with van der Waals surface area (Å²) in [5.74, 6) is 0.509. The highest BCUT2D eigenvalue weighted by Crippen LogP contribution is 2.28. The fraction of sp³-hybridized carbons (Fsp3) is 0.750. The standard InChI is InChI=1S/C24H42O/c1-4-7-9-11-13-15-17-21-19-20-24(25)22(6-3)23(21)18-16-14-12-10-8-5-2/h19-20,25H,4-18H2,1-3H3. The molecule has 1 nitrogen and oxygen atoms in total. The van der Waals surface area contributed by atoms with E-state index in [2.05, 4.69) is 26.8 Å². The zero-order chi connectivity index (χ0) is 18.3. The van der Waals surface area contributed by atoms with Crippen LogP contribution in [0.1, 0.15) is 115 Å². The topological polar surface area (TPSA) is 20.2 Å². The molecule has 0 heterocycles. The molecule has 0 saturated carbocycles. The molecule has 1 N–H and O–H groups in total. The summed E-state index contributed by atoms with van der Waals surface area (Å²) in [6.07, 6.45) is 19.4. The number of aromatic hydroxyl groups is 1. The second-order valence-corrected chi connectivity index (χ2v) is 7.59. The molecule has 144 valence electrons. The van der Waals surface area contributed by atoms with Crippen LogP contribution in [0.4, 0.5) is 0 Å². The number of hydrogen-bond donors (Lipinski definition) is 1. The fourth-order valence-electron chi connectivity index (χ4n) is 3.85. The van der Waals surface area contributed by atoms with Crippen LogP contribution >= 0.6 is 0 Å². The van der Waals surface area contributed by atoms with Crippen LogP contribution in [-0.4, -0.2) is 5.11 Å². The van der Waals surface area contributed by atoms with Gasteiger partial charge in [0.2, 0.25) is 0 Å². The average Bonchev–Trinajstić information content (AvgIpc) is 2.62. The van der Waals surface area contributed by atoms with Gasteiger partial charge in [0.15, 0.2) is 0 Å². The van der Waals surface area contributed by atoms with Crippen molar-refractivity contribution in [2.45, 2.75) is 117 Å². The van der Waals surface area contributed by atoms with Crippen molar-refractivity contribution in [3.05, 3.63) is 28.8 Å². The lowest BCUT2D eigenvalue weighted by atomic mass is 9.90. The van der Waals surface area contributed by atoms with Crippen molar-refractivity contribution in [1.82, 2.24) is 0 Å². The molecule has 0 fully saturated rings. The van der Waals surface area contributed by atoms with E-state index in [1.165, 1.54) is 100 Å². The summed E-state index contributed by atoms with van der Waals surface area (Å²) in [5.41, 5.74) is 4.17. The van der Waals surface area contributed by atoms with E-state index in [-0.39, 0.29) is 0 Å². The van der Waals surface area contributed by atoms with Gasteiger partial charge in [-0.15, -0.1) is 0 Å². The summed E-state index contributed by atoms with van der Waals surface area (Å²) in [6, 6.07) is 4.11. The lowest BCUT2D eigenvalue weighted by molar-refractivity contribution is 0.466. The van der Waals surface area contributed by atoms with Crippen LogP contribution in [0.15, 0.2) is 12.1 Å². The first-order valence-electron chi connectivity index (χ1n) is 11.1. The van der Waals surface area contributed by atoms with Gasteiger partial charge in [-0.05, 0) is 54.9 Å². The van der Waals surface area contributed by atoms with E-state index >= 15 is 0 Å². The number of benzene rings is 1. The number of phenolic OH excluding ortho intramolecular Hbond substituents is 1. The first-order chi connectivity index (χ1) is 12.2. The van der Waals surface area contributed by atoms with Gasteiger partial charge in [-0.2, -0.15) is 0 Å². The number of unbranched alkanes of at least 4 members (excludes halogenated alkanes) is 10. The molecule has 0 saturated heterocycles. The van der Waals surface area contributed by atoms with Crippen molar-refractivity contribution in [2.75, 3.05) is 0 Å². The number of phenols is 1. The van der Waals surface area contributed by atoms with E-state index in [1.807, 2.05) is 6.07 Å². The van der Waals surface area contributed by atoms with Crippen LogP contribution in [0.5, 0.6) is 5.75 Å². The fourth-order valence-corrected chi connectivity index (χ4v) is 3.85. The number of aryl methyl sites for hydroxylation is 1. The Morgan fingerprint density at radius 1 is 0.600 bits per heavy atom. The molecule has 25 heavy (non-hydrogen) atoms. The Hall–Kier alpha value is -0.980. The van der Waals surface area contributed by atoms with Crippen molar-refractivity contribution >= 4 is 0 Å². The second kappa shape index (κ2) is 14.2. The number of hydrogen-bond acceptors (Lipinski definition) is 1. The Morgan fingerprint density at radius 3 is 1.68 bits per heavy atom. The molecule has 0 spiro atoms. The predicted octanol–water partition coefficient (Wildman–Crippen LogP) is 7.76. The van der Waals surface area contributed by atoms with Crippen LogP contribution in [0, 0.1) is 0 Å². The quantitative estimate of drug-likeness (QED) is 0.322. The average molecular weight is 347 g/mol. The van der Waals surface area contributed by atoms with Crippen LogP contribution in [0.3, 0.4) is 0 Å². The highest BCUT2D eigenvalue weighted by Gasteiger charge is 2.11. The van der Waals surface area contributed by atoms with Crippen LogP contribution < -0.4 is 0 Å². The summed E-state index contributed by atoms with van der Waals surface area (Å²) in [7, 11) is 0. The maximum atomic E-state index is 10.3. The van der Waals surface area contributed by atoms with E-state index in [9.17, 15) is 5.11 Å². The van der Waals surface area contributed by atoms with Crippen molar-refractivity contribution in [3.8, 4) is 5.75 Å². The van der Waals surface area contributed by atoms with Gasteiger partial charge in [0, 0.05) is 0 Å². The molecule has 1 aromatic rings. The molecule has 0 unspecified atom stereocenters. The largest absolute Gasteiger partial charge is 0.508 e. The zero-order valence-electron chi connectivity index (χ0n) is 17.2. The predicted molar refractivity (Wildman–Crippen MR) is 112 cm³/mol. The third-order valence-electron chi connectivity index (χ3n) is 5.44. The molecule has 0 atom stereocenters. The van der Waals surface area contributed by atoms with Crippen molar-refractivity contribution < 1.29 is 5.11 Å². The molecule has 1 aromatic carbocycles. The van der Waals surface area contributed by atoms with Gasteiger partial charge in [-0.3, -0.25) is 0 Å². The minimum atomic E-state index is 0.509. The Labute approximate surface area is 157 Å². The summed E-state index contributed by atoms with van der Waals surface area (Å²) >= 11 is 0. The van der Waals surface area contributed by atoms with Gasteiger partial charge in [-0.25, -0.2) is 0 Å². The normalized spacial score (nSPS) is 11.2. The van der Waals surface area contributed by atoms with E-state index < -0.39 is 0 Å². The van der Waals surface area contributed by atoms with Crippen LogP contribution in [0.2, 0.25) is 0 Å². The van der Waals surface area contributed by atoms with Crippen LogP contribution in [-0.2, 0) is 19.3 Å². The summed E-state index contributed by atoms with van der Waals surface area (Å²) < 4.78 is 0. The highest BCUT2D eigenvalue weighted by atomic mass is 16.3. The maximum absolute atomic E-state index is 10.3. The van der Waals surface area contributed by atoms with E-state index in [0.717, 1.165) is 12.8 Å². The molecule has 0 aliphatic carbocycles. The van der Waals surface area contributed by atoms with Crippen molar-refractivity contribution in [2.24, 2.45) is 0 Å². The molecule has 0 amide bonds. The minimum Gasteiger partial charge on any atom is -0.508 e. The van der Waals surface area contributed by atoms with Gasteiger partial charge < -0.3 is 5.11 Å². The number of rotatable bonds is 15. The highest BCUT2D eigenvalue weighted by molar-refractivity contribution is 5.44. The van der Waals surface area contributed by atoms with Gasteiger partial charge in [-0.1, -0.05) is 91.0 Å². The SMILES string of the molecule is CCCCCCCCc1ccc(O)c(CC)c1CCCCCCCC. The molecule has 0 radical (unpaired) electrons. The van der Waals surface area contributed by atoms with Gasteiger partial charge >= 0.3 is 0 Å². The molecule has 1 heteroatoms. The molecule has 1 rings (SSSR count). The molecular formula is C24H42O. The Bertz CT molecular complexity index is 450. The minimum absolute atomic E-state index is 0.509. The van der Waals surface area contributed by atoms with Crippen molar-refractivity contribution in [3.63, 3.8) is 0 Å². The Balaban J connectivity index is 2.54. The van der Waals surface area contributed by atoms with E-state index in [0.29, 0.717) is 5.75 Å². The first-order valence-corrected chi connectivity index (χ1v) is 11.1. The molecular weight excluding hydrogens is 304 g/mol. The van der Waals surface area contributed by atoms with Crippen molar-refractivity contribution in [1.29, 1.82) is 0 Å².